The summed E-state index contributed by atoms with van der Waals surface area (Å²) < 4.78 is 0. The first kappa shape index (κ1) is 15.6. The highest BCUT2D eigenvalue weighted by molar-refractivity contribution is 5.79. The van der Waals surface area contributed by atoms with Crippen LogP contribution in [0.4, 0.5) is 23.0 Å². The Hall–Kier alpha value is -2.30. The van der Waals surface area contributed by atoms with Crippen molar-refractivity contribution < 1.29 is 0 Å². The van der Waals surface area contributed by atoms with Gasteiger partial charge in [0.25, 0.3) is 0 Å². The number of anilines is 4. The number of benzene rings is 1. The van der Waals surface area contributed by atoms with E-state index in [-0.39, 0.29) is 0 Å². The fraction of sp³-hybridized carbons (Fsp3) is 0.444. The Morgan fingerprint density at radius 3 is 2.74 bits per heavy atom. The van der Waals surface area contributed by atoms with Crippen molar-refractivity contribution in [2.75, 3.05) is 29.1 Å². The highest BCUT2D eigenvalue weighted by Crippen LogP contribution is 2.35. The molecule has 5 nitrogen and oxygen atoms in total. The quantitative estimate of drug-likeness (QED) is 0.935. The van der Waals surface area contributed by atoms with Gasteiger partial charge in [0.2, 0.25) is 0 Å². The Labute approximate surface area is 138 Å². The zero-order chi connectivity index (χ0) is 16.2. The van der Waals surface area contributed by atoms with Crippen molar-refractivity contribution in [3.63, 3.8) is 0 Å². The Bertz CT molecular complexity index is 643. The molecule has 0 amide bonds. The van der Waals surface area contributed by atoms with Gasteiger partial charge in [-0.15, -0.1) is 0 Å². The van der Waals surface area contributed by atoms with Crippen molar-refractivity contribution in [3.8, 4) is 0 Å². The van der Waals surface area contributed by atoms with E-state index in [4.69, 9.17) is 5.73 Å². The minimum atomic E-state index is 0.524. The molecule has 2 aromatic rings. The van der Waals surface area contributed by atoms with Crippen LogP contribution in [0.3, 0.4) is 0 Å². The number of para-hydroxylation sites is 1. The van der Waals surface area contributed by atoms with E-state index in [1.807, 2.05) is 30.1 Å². The van der Waals surface area contributed by atoms with Crippen LogP contribution in [0.15, 0.2) is 36.7 Å². The SMILES string of the molecule is CCC1CCCCN1c1ncnc(N(C)c2ccccc2)c1N. The van der Waals surface area contributed by atoms with E-state index in [1.54, 1.807) is 6.33 Å². The summed E-state index contributed by atoms with van der Waals surface area (Å²) in [6.07, 6.45) is 6.44. The number of hydrogen-bond donors (Lipinski definition) is 1. The molecule has 122 valence electrons. The molecule has 0 spiro atoms. The molecule has 2 heterocycles. The summed E-state index contributed by atoms with van der Waals surface area (Å²) in [4.78, 5) is 13.3. The minimum absolute atomic E-state index is 0.524. The van der Waals surface area contributed by atoms with Crippen LogP contribution in [0.2, 0.25) is 0 Å². The third-order valence-electron chi connectivity index (χ3n) is 4.67. The predicted octanol–water partition coefficient (Wildman–Crippen LogP) is 3.60. The van der Waals surface area contributed by atoms with Gasteiger partial charge in [-0.1, -0.05) is 25.1 Å². The molecule has 23 heavy (non-hydrogen) atoms. The number of nitrogens with two attached hydrogens (primary N) is 1. The van der Waals surface area contributed by atoms with Gasteiger partial charge in [0.1, 0.15) is 12.0 Å². The molecule has 0 bridgehead atoms. The molecule has 1 atom stereocenters. The molecule has 1 aliphatic rings. The molecule has 0 saturated carbocycles. The van der Waals surface area contributed by atoms with Crippen LogP contribution in [0.25, 0.3) is 0 Å². The zero-order valence-electron chi connectivity index (χ0n) is 13.9. The largest absolute Gasteiger partial charge is 0.393 e. The lowest BCUT2D eigenvalue weighted by atomic mass is 10.00. The second kappa shape index (κ2) is 6.86. The molecule has 0 radical (unpaired) electrons. The van der Waals surface area contributed by atoms with Gasteiger partial charge in [-0.25, -0.2) is 9.97 Å². The first-order valence-electron chi connectivity index (χ1n) is 8.38. The predicted molar refractivity (Wildman–Crippen MR) is 96.2 cm³/mol. The molecule has 1 saturated heterocycles. The molecular formula is C18H25N5. The summed E-state index contributed by atoms with van der Waals surface area (Å²) in [5, 5.41) is 0. The standard InChI is InChI=1S/C18H25N5/c1-3-14-9-7-8-12-23(14)18-16(19)17(20-13-21-18)22(2)15-10-5-4-6-11-15/h4-6,10-11,13-14H,3,7-9,12,19H2,1-2H3. The van der Waals surface area contributed by atoms with Gasteiger partial charge in [0, 0.05) is 25.3 Å². The zero-order valence-corrected chi connectivity index (χ0v) is 13.9. The normalized spacial score (nSPS) is 18.0. The maximum Gasteiger partial charge on any atom is 0.161 e. The van der Waals surface area contributed by atoms with Crippen molar-refractivity contribution in [2.24, 2.45) is 0 Å². The molecule has 3 rings (SSSR count). The summed E-state index contributed by atoms with van der Waals surface area (Å²) in [7, 11) is 1.99. The van der Waals surface area contributed by atoms with Gasteiger partial charge in [0.05, 0.1) is 0 Å². The average Bonchev–Trinajstić information content (AvgIpc) is 2.62. The topological polar surface area (TPSA) is 58.3 Å². The first-order chi connectivity index (χ1) is 11.2. The van der Waals surface area contributed by atoms with Crippen LogP contribution in [-0.4, -0.2) is 29.6 Å². The summed E-state index contributed by atoms with van der Waals surface area (Å²) in [6, 6.07) is 10.7. The van der Waals surface area contributed by atoms with Crippen molar-refractivity contribution in [3.05, 3.63) is 36.7 Å². The third-order valence-corrected chi connectivity index (χ3v) is 4.67. The van der Waals surface area contributed by atoms with Crippen LogP contribution in [0, 0.1) is 0 Å². The van der Waals surface area contributed by atoms with E-state index in [9.17, 15) is 0 Å². The van der Waals surface area contributed by atoms with Gasteiger partial charge in [-0.3, -0.25) is 0 Å². The van der Waals surface area contributed by atoms with Gasteiger partial charge in [0.15, 0.2) is 11.6 Å². The van der Waals surface area contributed by atoms with Gasteiger partial charge in [-0.05, 0) is 37.8 Å². The third kappa shape index (κ3) is 3.09. The number of nitrogens with zero attached hydrogens (tertiary/aromatic N) is 4. The van der Waals surface area contributed by atoms with E-state index in [2.05, 4.69) is 33.9 Å². The highest BCUT2D eigenvalue weighted by Gasteiger charge is 2.25. The maximum absolute atomic E-state index is 6.46. The smallest absolute Gasteiger partial charge is 0.161 e. The molecule has 1 aromatic carbocycles. The molecule has 2 N–H and O–H groups in total. The second-order valence-electron chi connectivity index (χ2n) is 6.08. The Kier molecular flexibility index (Phi) is 4.65. The van der Waals surface area contributed by atoms with Crippen LogP contribution < -0.4 is 15.5 Å². The molecule has 0 aliphatic carbocycles. The number of hydrogen-bond acceptors (Lipinski definition) is 5. The maximum atomic E-state index is 6.46. The van der Waals surface area contributed by atoms with Crippen LogP contribution in [0.1, 0.15) is 32.6 Å². The van der Waals surface area contributed by atoms with E-state index in [0.717, 1.165) is 30.3 Å². The van der Waals surface area contributed by atoms with E-state index < -0.39 is 0 Å². The Morgan fingerprint density at radius 1 is 1.22 bits per heavy atom. The lowest BCUT2D eigenvalue weighted by molar-refractivity contribution is 0.447. The van der Waals surface area contributed by atoms with Crippen LogP contribution in [0.5, 0.6) is 0 Å². The lowest BCUT2D eigenvalue weighted by Crippen LogP contribution is -2.40. The molecule has 5 heteroatoms. The molecule has 1 aromatic heterocycles. The van der Waals surface area contributed by atoms with Crippen molar-refractivity contribution in [1.29, 1.82) is 0 Å². The van der Waals surface area contributed by atoms with Crippen LogP contribution in [-0.2, 0) is 0 Å². The highest BCUT2D eigenvalue weighted by atomic mass is 15.3. The molecular weight excluding hydrogens is 286 g/mol. The minimum Gasteiger partial charge on any atom is -0.393 e. The Morgan fingerprint density at radius 2 is 2.00 bits per heavy atom. The fourth-order valence-electron chi connectivity index (χ4n) is 3.35. The van der Waals surface area contributed by atoms with E-state index >= 15 is 0 Å². The van der Waals surface area contributed by atoms with E-state index in [0.29, 0.717) is 11.7 Å². The fourth-order valence-corrected chi connectivity index (χ4v) is 3.35. The first-order valence-corrected chi connectivity index (χ1v) is 8.38. The molecule has 1 aliphatic heterocycles. The van der Waals surface area contributed by atoms with Gasteiger partial charge >= 0.3 is 0 Å². The lowest BCUT2D eigenvalue weighted by Gasteiger charge is -2.37. The van der Waals surface area contributed by atoms with Gasteiger partial charge < -0.3 is 15.5 Å². The average molecular weight is 311 g/mol. The van der Waals surface area contributed by atoms with Crippen molar-refractivity contribution in [1.82, 2.24) is 9.97 Å². The van der Waals surface area contributed by atoms with Crippen LogP contribution >= 0.6 is 0 Å². The Balaban J connectivity index is 1.95. The second-order valence-corrected chi connectivity index (χ2v) is 6.08. The number of aromatic nitrogens is 2. The molecule has 1 fully saturated rings. The van der Waals surface area contributed by atoms with Crippen molar-refractivity contribution >= 4 is 23.0 Å². The number of nitrogen functional groups attached to an aromatic ring is 1. The van der Waals surface area contributed by atoms with E-state index in [1.165, 1.54) is 19.3 Å². The summed E-state index contributed by atoms with van der Waals surface area (Å²) >= 11 is 0. The summed E-state index contributed by atoms with van der Waals surface area (Å²) in [5.41, 5.74) is 8.19. The monoisotopic (exact) mass is 311 g/mol. The number of rotatable bonds is 4. The number of piperidine rings is 1. The van der Waals surface area contributed by atoms with Gasteiger partial charge in [-0.2, -0.15) is 0 Å². The summed E-state index contributed by atoms with van der Waals surface area (Å²) in [5.74, 6) is 1.64. The summed E-state index contributed by atoms with van der Waals surface area (Å²) in [6.45, 7) is 3.26. The molecule has 1 unspecified atom stereocenters. The van der Waals surface area contributed by atoms with Crippen molar-refractivity contribution in [2.45, 2.75) is 38.6 Å².